The van der Waals surface area contributed by atoms with Crippen molar-refractivity contribution in [2.24, 2.45) is 0 Å². The molecule has 0 aromatic rings. The first-order chi connectivity index (χ1) is 4.04. The second kappa shape index (κ2) is 3.25. The normalized spacial score (nSPS) is 11.1. The minimum atomic E-state index is -1.14. The van der Waals surface area contributed by atoms with Crippen LogP contribution in [0.2, 0.25) is 0 Å². The van der Waals surface area contributed by atoms with Crippen LogP contribution in [-0.2, 0) is 9.59 Å². The Bertz CT molecular complexity index is 171. The van der Waals surface area contributed by atoms with Gasteiger partial charge >= 0.3 is 5.97 Å². The standard InChI is InChI=1S/C5H5ClO3/c1-3(5(8)9)2-4(6)7/h2H,1H3,(H,8,9)/b3-2-. The first kappa shape index (κ1) is 8.17. The molecule has 0 unspecified atom stereocenters. The molecule has 4 heteroatoms. The van der Waals surface area contributed by atoms with Crippen LogP contribution in [0, 0.1) is 0 Å². The van der Waals surface area contributed by atoms with Crippen LogP contribution in [0.5, 0.6) is 0 Å². The molecule has 0 atom stereocenters. The van der Waals surface area contributed by atoms with Crippen LogP contribution in [-0.4, -0.2) is 16.3 Å². The fourth-order valence-electron chi connectivity index (χ4n) is 0.232. The molecule has 0 aliphatic rings. The molecule has 0 radical (unpaired) electrons. The van der Waals surface area contributed by atoms with Gasteiger partial charge in [-0.1, -0.05) is 0 Å². The Kier molecular flexibility index (Phi) is 2.95. The number of hydrogen-bond donors (Lipinski definition) is 1. The van der Waals surface area contributed by atoms with E-state index in [1.165, 1.54) is 6.92 Å². The minimum Gasteiger partial charge on any atom is -0.478 e. The van der Waals surface area contributed by atoms with Crippen LogP contribution >= 0.6 is 11.6 Å². The number of carboxylic acids is 1. The topological polar surface area (TPSA) is 54.4 Å². The zero-order chi connectivity index (χ0) is 7.44. The molecule has 0 aliphatic heterocycles. The first-order valence-corrected chi connectivity index (χ1v) is 2.53. The molecule has 0 fully saturated rings. The summed E-state index contributed by atoms with van der Waals surface area (Å²) in [5, 5.41) is 7.38. The number of halogens is 1. The maximum absolute atomic E-state index is 9.98. The lowest BCUT2D eigenvalue weighted by Crippen LogP contribution is -1.97. The van der Waals surface area contributed by atoms with Gasteiger partial charge < -0.3 is 5.11 Å². The molecular weight excluding hydrogens is 144 g/mol. The third-order valence-electron chi connectivity index (χ3n) is 0.667. The van der Waals surface area contributed by atoms with Crippen molar-refractivity contribution >= 4 is 22.8 Å². The molecule has 0 saturated carbocycles. The van der Waals surface area contributed by atoms with E-state index in [1.54, 1.807) is 0 Å². The number of allylic oxidation sites excluding steroid dienone is 1. The van der Waals surface area contributed by atoms with Gasteiger partial charge in [0.2, 0.25) is 5.24 Å². The van der Waals surface area contributed by atoms with Gasteiger partial charge in [0.1, 0.15) is 0 Å². The monoisotopic (exact) mass is 148 g/mol. The fraction of sp³-hybridized carbons (Fsp3) is 0.200. The summed E-state index contributed by atoms with van der Waals surface area (Å²) in [6.07, 6.45) is 0.851. The molecule has 0 aliphatic carbocycles. The Hall–Kier alpha value is -0.830. The highest BCUT2D eigenvalue weighted by Gasteiger charge is 2.00. The van der Waals surface area contributed by atoms with E-state index in [0.29, 0.717) is 0 Å². The molecule has 0 aromatic carbocycles. The molecule has 0 rings (SSSR count). The van der Waals surface area contributed by atoms with E-state index in [-0.39, 0.29) is 5.57 Å². The predicted molar refractivity (Wildman–Crippen MR) is 32.3 cm³/mol. The molecule has 1 N–H and O–H groups in total. The first-order valence-electron chi connectivity index (χ1n) is 2.15. The van der Waals surface area contributed by atoms with Gasteiger partial charge in [-0.05, 0) is 18.5 Å². The van der Waals surface area contributed by atoms with Gasteiger partial charge in [0, 0.05) is 11.6 Å². The Balaban J connectivity index is 4.17. The smallest absolute Gasteiger partial charge is 0.331 e. The molecule has 0 aromatic heterocycles. The third-order valence-corrected chi connectivity index (χ3v) is 0.776. The third kappa shape index (κ3) is 3.73. The lowest BCUT2D eigenvalue weighted by atomic mass is 10.3. The van der Waals surface area contributed by atoms with Gasteiger partial charge in [0.05, 0.1) is 0 Å². The summed E-state index contributed by atoms with van der Waals surface area (Å²) in [5.41, 5.74) is -0.0602. The minimum absolute atomic E-state index is 0.0602. The average molecular weight is 149 g/mol. The molecule has 9 heavy (non-hydrogen) atoms. The van der Waals surface area contributed by atoms with E-state index in [9.17, 15) is 9.59 Å². The summed E-state index contributed by atoms with van der Waals surface area (Å²) in [5.74, 6) is -1.14. The molecule has 3 nitrogen and oxygen atoms in total. The van der Waals surface area contributed by atoms with Gasteiger partial charge in [-0.25, -0.2) is 4.79 Å². The molecule has 0 bridgehead atoms. The summed E-state index contributed by atoms with van der Waals surface area (Å²) in [4.78, 5) is 19.9. The van der Waals surface area contributed by atoms with Crippen molar-refractivity contribution < 1.29 is 14.7 Å². The van der Waals surface area contributed by atoms with E-state index in [0.717, 1.165) is 6.08 Å². The van der Waals surface area contributed by atoms with Crippen LogP contribution in [0.4, 0.5) is 0 Å². The van der Waals surface area contributed by atoms with E-state index >= 15 is 0 Å². The Morgan fingerprint density at radius 3 is 2.11 bits per heavy atom. The fourth-order valence-corrected chi connectivity index (χ4v) is 0.396. The van der Waals surface area contributed by atoms with E-state index in [4.69, 9.17) is 16.7 Å². The SMILES string of the molecule is C/C(=C/C(=O)Cl)C(=O)O. The van der Waals surface area contributed by atoms with Gasteiger partial charge in [0.15, 0.2) is 0 Å². The van der Waals surface area contributed by atoms with E-state index < -0.39 is 11.2 Å². The molecular formula is C5H5ClO3. The van der Waals surface area contributed by atoms with Crippen molar-refractivity contribution in [2.75, 3.05) is 0 Å². The predicted octanol–water partition coefficient (Wildman–Crippen LogP) is 0.783. The highest BCUT2D eigenvalue weighted by atomic mass is 35.5. The Morgan fingerprint density at radius 2 is 2.00 bits per heavy atom. The van der Waals surface area contributed by atoms with E-state index in [2.05, 4.69) is 0 Å². The maximum Gasteiger partial charge on any atom is 0.331 e. The Morgan fingerprint density at radius 1 is 1.56 bits per heavy atom. The lowest BCUT2D eigenvalue weighted by molar-refractivity contribution is -0.132. The number of carbonyl (C=O) groups is 2. The van der Waals surface area contributed by atoms with Crippen LogP contribution in [0.25, 0.3) is 0 Å². The van der Waals surface area contributed by atoms with Gasteiger partial charge in [-0.15, -0.1) is 0 Å². The summed E-state index contributed by atoms with van der Waals surface area (Å²) < 4.78 is 0. The summed E-state index contributed by atoms with van der Waals surface area (Å²) in [7, 11) is 0. The molecule has 50 valence electrons. The van der Waals surface area contributed by atoms with E-state index in [1.807, 2.05) is 0 Å². The van der Waals surface area contributed by atoms with Gasteiger partial charge in [-0.2, -0.15) is 0 Å². The molecule has 0 heterocycles. The van der Waals surface area contributed by atoms with Crippen molar-refractivity contribution in [1.29, 1.82) is 0 Å². The Labute approximate surface area is 56.9 Å². The highest BCUT2D eigenvalue weighted by molar-refractivity contribution is 6.66. The molecule has 0 spiro atoms. The van der Waals surface area contributed by atoms with Crippen molar-refractivity contribution in [3.63, 3.8) is 0 Å². The number of carboxylic acid groups (broad SMARTS) is 1. The van der Waals surface area contributed by atoms with Crippen LogP contribution in [0.1, 0.15) is 6.92 Å². The van der Waals surface area contributed by atoms with Crippen LogP contribution in [0.3, 0.4) is 0 Å². The number of aliphatic carboxylic acids is 1. The average Bonchev–Trinajstić information content (AvgIpc) is 1.63. The van der Waals surface area contributed by atoms with Crippen molar-refractivity contribution in [1.82, 2.24) is 0 Å². The lowest BCUT2D eigenvalue weighted by Gasteiger charge is -1.85. The van der Waals surface area contributed by atoms with Gasteiger partial charge in [-0.3, -0.25) is 4.79 Å². The largest absolute Gasteiger partial charge is 0.478 e. The van der Waals surface area contributed by atoms with Crippen molar-refractivity contribution in [3.8, 4) is 0 Å². The summed E-state index contributed by atoms with van der Waals surface area (Å²) >= 11 is 4.84. The summed E-state index contributed by atoms with van der Waals surface area (Å²) in [6.45, 7) is 1.29. The molecule has 0 saturated heterocycles. The number of rotatable bonds is 2. The highest BCUT2D eigenvalue weighted by Crippen LogP contribution is 1.93. The summed E-state index contributed by atoms with van der Waals surface area (Å²) in [6, 6.07) is 0. The molecule has 0 amide bonds. The van der Waals surface area contributed by atoms with Crippen LogP contribution < -0.4 is 0 Å². The van der Waals surface area contributed by atoms with Crippen molar-refractivity contribution in [2.45, 2.75) is 6.92 Å². The van der Waals surface area contributed by atoms with Crippen LogP contribution in [0.15, 0.2) is 11.6 Å². The van der Waals surface area contributed by atoms with Gasteiger partial charge in [0.25, 0.3) is 0 Å². The quantitative estimate of drug-likeness (QED) is 0.465. The maximum atomic E-state index is 9.98. The van der Waals surface area contributed by atoms with Crippen molar-refractivity contribution in [3.05, 3.63) is 11.6 Å². The second-order valence-electron chi connectivity index (χ2n) is 1.44. The number of hydrogen-bond acceptors (Lipinski definition) is 2. The zero-order valence-electron chi connectivity index (χ0n) is 4.72. The second-order valence-corrected chi connectivity index (χ2v) is 1.81. The number of carbonyl (C=O) groups excluding carboxylic acids is 1. The zero-order valence-corrected chi connectivity index (χ0v) is 5.47.